The Morgan fingerprint density at radius 2 is 1.90 bits per heavy atom. The molecule has 0 aliphatic heterocycles. The first-order chi connectivity index (χ1) is 9.49. The summed E-state index contributed by atoms with van der Waals surface area (Å²) in [5.41, 5.74) is 6.78. The summed E-state index contributed by atoms with van der Waals surface area (Å²) < 4.78 is 0. The number of nitrogens with one attached hydrogen (secondary N) is 3. The molecule has 7 heteroatoms. The number of hydrogen-bond donors (Lipinski definition) is 4. The van der Waals surface area contributed by atoms with Crippen molar-refractivity contribution < 1.29 is 14.4 Å². The van der Waals surface area contributed by atoms with Gasteiger partial charge in [0.25, 0.3) is 5.91 Å². The van der Waals surface area contributed by atoms with E-state index in [9.17, 15) is 14.4 Å². The van der Waals surface area contributed by atoms with E-state index in [1.807, 2.05) is 0 Å². The Morgan fingerprint density at radius 1 is 1.20 bits per heavy atom. The number of carbonyl (C=O) groups is 3. The van der Waals surface area contributed by atoms with Gasteiger partial charge in [0.2, 0.25) is 11.8 Å². The molecule has 3 amide bonds. The average molecular weight is 278 g/mol. The number of benzene rings is 1. The Labute approximate surface area is 116 Å². The highest BCUT2D eigenvalue weighted by molar-refractivity contribution is 6.00. The third-order valence-corrected chi connectivity index (χ3v) is 2.71. The molecule has 7 nitrogen and oxygen atoms in total. The van der Waals surface area contributed by atoms with E-state index in [2.05, 4.69) is 16.0 Å². The lowest BCUT2D eigenvalue weighted by Gasteiger charge is -2.12. The topological polar surface area (TPSA) is 113 Å². The minimum atomic E-state index is -0.406. The first-order valence-electron chi connectivity index (χ1n) is 6.08. The van der Waals surface area contributed by atoms with Gasteiger partial charge in [-0.15, -0.1) is 0 Å². The first-order valence-corrected chi connectivity index (χ1v) is 6.08. The zero-order chi connectivity index (χ0) is 15.1. The van der Waals surface area contributed by atoms with Gasteiger partial charge in [0, 0.05) is 18.3 Å². The molecule has 20 heavy (non-hydrogen) atoms. The van der Waals surface area contributed by atoms with Gasteiger partial charge < -0.3 is 21.7 Å². The van der Waals surface area contributed by atoms with Gasteiger partial charge in [-0.3, -0.25) is 14.4 Å². The summed E-state index contributed by atoms with van der Waals surface area (Å²) in [6.07, 6.45) is 0. The second-order valence-electron chi connectivity index (χ2n) is 4.09. The molecule has 0 aromatic heterocycles. The zero-order valence-corrected chi connectivity index (χ0v) is 11.4. The summed E-state index contributed by atoms with van der Waals surface area (Å²) in [7, 11) is 1.54. The number of nitrogens with two attached hydrogens (primary N) is 1. The largest absolute Gasteiger partial charge is 0.355 e. The van der Waals surface area contributed by atoms with E-state index in [1.165, 1.54) is 7.05 Å². The van der Waals surface area contributed by atoms with E-state index in [0.29, 0.717) is 16.8 Å². The number of carbonyl (C=O) groups excluding carboxylic acids is 3. The van der Waals surface area contributed by atoms with Crippen LogP contribution in [0.2, 0.25) is 0 Å². The Hall–Kier alpha value is -2.41. The maximum Gasteiger partial charge on any atom is 0.251 e. The molecule has 0 fully saturated rings. The highest BCUT2D eigenvalue weighted by atomic mass is 16.2. The molecule has 1 rings (SSSR count). The molecule has 0 aliphatic carbocycles. The lowest BCUT2D eigenvalue weighted by Crippen LogP contribution is -2.36. The van der Waals surface area contributed by atoms with Crippen LogP contribution in [0, 0.1) is 6.92 Å². The van der Waals surface area contributed by atoms with Gasteiger partial charge >= 0.3 is 0 Å². The van der Waals surface area contributed by atoms with E-state index in [4.69, 9.17) is 5.73 Å². The summed E-state index contributed by atoms with van der Waals surface area (Å²) >= 11 is 0. The van der Waals surface area contributed by atoms with Crippen molar-refractivity contribution >= 4 is 23.4 Å². The minimum Gasteiger partial charge on any atom is -0.355 e. The van der Waals surface area contributed by atoms with Crippen molar-refractivity contribution in [3.63, 3.8) is 0 Å². The summed E-state index contributed by atoms with van der Waals surface area (Å²) in [5, 5.41) is 7.53. The van der Waals surface area contributed by atoms with Crippen LogP contribution >= 0.6 is 0 Å². The second-order valence-corrected chi connectivity index (χ2v) is 4.09. The van der Waals surface area contributed by atoms with E-state index in [0.717, 1.165) is 0 Å². The highest BCUT2D eigenvalue weighted by Gasteiger charge is 2.12. The molecule has 0 aliphatic rings. The molecule has 0 heterocycles. The second kappa shape index (κ2) is 7.25. The molecule has 1 aromatic carbocycles. The molecule has 108 valence electrons. The van der Waals surface area contributed by atoms with Crippen LogP contribution in [0.15, 0.2) is 18.2 Å². The van der Waals surface area contributed by atoms with Crippen molar-refractivity contribution in [1.82, 2.24) is 10.6 Å². The molecule has 0 unspecified atom stereocenters. The smallest absolute Gasteiger partial charge is 0.251 e. The van der Waals surface area contributed by atoms with Gasteiger partial charge in [-0.25, -0.2) is 0 Å². The number of hydrogen-bond acceptors (Lipinski definition) is 4. The van der Waals surface area contributed by atoms with Crippen LogP contribution in [0.5, 0.6) is 0 Å². The molecule has 0 bridgehead atoms. The quantitative estimate of drug-likeness (QED) is 0.574. The summed E-state index contributed by atoms with van der Waals surface area (Å²) in [6.45, 7) is 1.40. The zero-order valence-electron chi connectivity index (χ0n) is 11.4. The fourth-order valence-corrected chi connectivity index (χ4v) is 1.60. The monoisotopic (exact) mass is 278 g/mol. The molecule has 0 saturated heterocycles. The highest BCUT2D eigenvalue weighted by Crippen LogP contribution is 2.18. The van der Waals surface area contributed by atoms with Crippen LogP contribution in [0.1, 0.15) is 15.9 Å². The third kappa shape index (κ3) is 4.06. The van der Waals surface area contributed by atoms with Crippen LogP contribution in [0.25, 0.3) is 0 Å². The van der Waals surface area contributed by atoms with Crippen molar-refractivity contribution in [2.45, 2.75) is 6.92 Å². The average Bonchev–Trinajstić information content (AvgIpc) is 2.46. The number of anilines is 1. The lowest BCUT2D eigenvalue weighted by atomic mass is 10.1. The maximum absolute atomic E-state index is 11.7. The Bertz CT molecular complexity index is 528. The SMILES string of the molecule is CNC(=O)c1cccc(NC(=O)CNC(=O)CN)c1C. The van der Waals surface area contributed by atoms with Crippen molar-refractivity contribution in [2.24, 2.45) is 5.73 Å². The minimum absolute atomic E-state index is 0.167. The Morgan fingerprint density at radius 3 is 2.50 bits per heavy atom. The lowest BCUT2D eigenvalue weighted by molar-refractivity contribution is -0.123. The number of amides is 3. The molecule has 0 spiro atoms. The fourth-order valence-electron chi connectivity index (χ4n) is 1.60. The molecule has 0 radical (unpaired) electrons. The maximum atomic E-state index is 11.7. The Kier molecular flexibility index (Phi) is 5.67. The van der Waals surface area contributed by atoms with Crippen LogP contribution in [-0.4, -0.2) is 37.9 Å². The molecular weight excluding hydrogens is 260 g/mol. The summed E-state index contributed by atoms with van der Waals surface area (Å²) in [6, 6.07) is 5.02. The molecule has 0 saturated carbocycles. The van der Waals surface area contributed by atoms with Crippen LogP contribution < -0.4 is 21.7 Å². The van der Waals surface area contributed by atoms with Crippen molar-refractivity contribution in [3.05, 3.63) is 29.3 Å². The van der Waals surface area contributed by atoms with Gasteiger partial charge in [0.1, 0.15) is 0 Å². The molecular formula is C13H18N4O3. The summed E-state index contributed by atoms with van der Waals surface area (Å²) in [5.74, 6) is -1.02. The van der Waals surface area contributed by atoms with Gasteiger partial charge in [0.05, 0.1) is 13.1 Å². The van der Waals surface area contributed by atoms with Crippen LogP contribution in [0.4, 0.5) is 5.69 Å². The van der Waals surface area contributed by atoms with E-state index < -0.39 is 5.91 Å². The van der Waals surface area contributed by atoms with Crippen molar-refractivity contribution in [2.75, 3.05) is 25.5 Å². The molecule has 0 atom stereocenters. The van der Waals surface area contributed by atoms with Gasteiger partial charge in [-0.2, -0.15) is 0 Å². The number of rotatable bonds is 5. The predicted octanol–water partition coefficient (Wildman–Crippen LogP) is -0.632. The van der Waals surface area contributed by atoms with E-state index in [-0.39, 0.29) is 24.9 Å². The van der Waals surface area contributed by atoms with Crippen molar-refractivity contribution in [1.29, 1.82) is 0 Å². The molecule has 5 N–H and O–H groups in total. The third-order valence-electron chi connectivity index (χ3n) is 2.71. The van der Waals surface area contributed by atoms with Crippen molar-refractivity contribution in [3.8, 4) is 0 Å². The predicted molar refractivity (Wildman–Crippen MR) is 75.3 cm³/mol. The molecule has 1 aromatic rings. The van der Waals surface area contributed by atoms with Crippen LogP contribution in [0.3, 0.4) is 0 Å². The van der Waals surface area contributed by atoms with Crippen LogP contribution in [-0.2, 0) is 9.59 Å². The Balaban J connectivity index is 2.75. The van der Waals surface area contributed by atoms with Gasteiger partial charge in [-0.05, 0) is 24.6 Å². The van der Waals surface area contributed by atoms with E-state index >= 15 is 0 Å². The standard InChI is InChI=1S/C13H18N4O3/c1-8-9(13(20)15-2)4-3-5-10(8)17-12(19)7-16-11(18)6-14/h3-5H,6-7,14H2,1-2H3,(H,15,20)(H,16,18)(H,17,19). The fraction of sp³-hybridized carbons (Fsp3) is 0.308. The normalized spacial score (nSPS) is 9.75. The first kappa shape index (κ1) is 15.6. The summed E-state index contributed by atoms with van der Waals surface area (Å²) in [4.78, 5) is 34.2. The van der Waals surface area contributed by atoms with E-state index in [1.54, 1.807) is 25.1 Å². The van der Waals surface area contributed by atoms with Gasteiger partial charge in [0.15, 0.2) is 0 Å². The van der Waals surface area contributed by atoms with Gasteiger partial charge in [-0.1, -0.05) is 6.07 Å².